The van der Waals surface area contributed by atoms with Crippen molar-refractivity contribution < 1.29 is 4.79 Å². The van der Waals surface area contributed by atoms with Gasteiger partial charge in [0.15, 0.2) is 0 Å². The van der Waals surface area contributed by atoms with Gasteiger partial charge in [0, 0.05) is 30.6 Å². The number of anilines is 1. The highest BCUT2D eigenvalue weighted by Crippen LogP contribution is 2.28. The molecule has 0 aliphatic heterocycles. The molecule has 1 aromatic carbocycles. The van der Waals surface area contributed by atoms with Gasteiger partial charge in [0.05, 0.1) is 16.7 Å². The minimum Gasteiger partial charge on any atom is -0.359 e. The second-order valence-electron chi connectivity index (χ2n) is 4.67. The Morgan fingerprint density at radius 1 is 1.47 bits per heavy atom. The maximum absolute atomic E-state index is 11.2. The third-order valence-corrected chi connectivity index (χ3v) is 3.37. The number of benzene rings is 1. The molecule has 3 rings (SSSR count). The van der Waals surface area contributed by atoms with Crippen LogP contribution < -0.4 is 5.32 Å². The van der Waals surface area contributed by atoms with Gasteiger partial charge < -0.3 is 14.9 Å². The van der Waals surface area contributed by atoms with E-state index in [4.69, 9.17) is 0 Å². The van der Waals surface area contributed by atoms with Crippen molar-refractivity contribution in [2.75, 3.05) is 5.32 Å². The Hall–Kier alpha value is -2.30. The van der Waals surface area contributed by atoms with Gasteiger partial charge >= 0.3 is 0 Å². The second kappa shape index (κ2) is 4.12. The Bertz CT molecular complexity index is 782. The van der Waals surface area contributed by atoms with E-state index < -0.39 is 0 Å². The molecule has 0 aliphatic carbocycles. The molecule has 0 radical (unpaired) electrons. The topological polar surface area (TPSA) is 62.7 Å². The molecule has 0 aliphatic rings. The molecule has 0 saturated heterocycles. The Balaban J connectivity index is 2.27. The number of aromatic amines is 1. The second-order valence-corrected chi connectivity index (χ2v) is 4.67. The molecule has 2 N–H and O–H groups in total. The van der Waals surface area contributed by atoms with E-state index in [0.29, 0.717) is 0 Å². The van der Waals surface area contributed by atoms with E-state index >= 15 is 0 Å². The van der Waals surface area contributed by atoms with Crippen molar-refractivity contribution in [3.05, 3.63) is 24.2 Å². The predicted octanol–water partition coefficient (Wildman–Crippen LogP) is 2.80. The van der Waals surface area contributed by atoms with Gasteiger partial charge in [-0.25, -0.2) is 4.98 Å². The summed E-state index contributed by atoms with van der Waals surface area (Å²) >= 11 is 0. The first-order chi connectivity index (χ1) is 9.10. The molecule has 3 aromatic rings. The van der Waals surface area contributed by atoms with Crippen molar-refractivity contribution in [2.45, 2.75) is 27.3 Å². The van der Waals surface area contributed by atoms with E-state index in [2.05, 4.69) is 32.8 Å². The number of nitrogens with zero attached hydrogens (tertiary/aromatic N) is 2. The Labute approximate surface area is 110 Å². The van der Waals surface area contributed by atoms with Crippen LogP contribution in [0.4, 0.5) is 5.69 Å². The minimum absolute atomic E-state index is 0.0729. The molecule has 1 amide bonds. The average molecular weight is 256 g/mol. The molecule has 0 saturated carbocycles. The number of hydrogen-bond acceptors (Lipinski definition) is 2. The lowest BCUT2D eigenvalue weighted by Crippen LogP contribution is -2.04. The number of amides is 1. The molecule has 0 spiro atoms. The zero-order chi connectivity index (χ0) is 13.6. The van der Waals surface area contributed by atoms with E-state index in [1.54, 1.807) is 0 Å². The molecule has 2 aromatic heterocycles. The predicted molar refractivity (Wildman–Crippen MR) is 76.3 cm³/mol. The molecule has 0 atom stereocenters. The number of aryl methyl sites for hydroxylation is 2. The minimum atomic E-state index is -0.0729. The number of H-pyrrole nitrogens is 1. The Morgan fingerprint density at radius 3 is 2.95 bits per heavy atom. The van der Waals surface area contributed by atoms with E-state index in [9.17, 15) is 4.79 Å². The highest BCUT2D eigenvalue weighted by molar-refractivity contribution is 6.05. The number of fused-ring (bicyclic) bond motifs is 2. The average Bonchev–Trinajstić information content (AvgIpc) is 2.86. The van der Waals surface area contributed by atoms with E-state index in [-0.39, 0.29) is 5.91 Å². The first-order valence-corrected chi connectivity index (χ1v) is 6.35. The lowest BCUT2D eigenvalue weighted by atomic mass is 10.2. The summed E-state index contributed by atoms with van der Waals surface area (Å²) in [5, 5.41) is 3.81. The lowest BCUT2D eigenvalue weighted by Gasteiger charge is -2.02. The maximum Gasteiger partial charge on any atom is 0.221 e. The maximum atomic E-state index is 11.2. The summed E-state index contributed by atoms with van der Waals surface area (Å²) in [6.45, 7) is 6.52. The van der Waals surface area contributed by atoms with Crippen molar-refractivity contribution in [1.29, 1.82) is 0 Å². The molecule has 5 nitrogen and oxygen atoms in total. The van der Waals surface area contributed by atoms with E-state index in [0.717, 1.165) is 40.0 Å². The van der Waals surface area contributed by atoms with Crippen molar-refractivity contribution in [1.82, 2.24) is 14.5 Å². The smallest absolute Gasteiger partial charge is 0.221 e. The van der Waals surface area contributed by atoms with Crippen molar-refractivity contribution in [2.24, 2.45) is 0 Å². The molecule has 0 bridgehead atoms. The fraction of sp³-hybridized carbons (Fsp3) is 0.286. The van der Waals surface area contributed by atoms with Crippen LogP contribution in [0.1, 0.15) is 19.7 Å². The molecule has 19 heavy (non-hydrogen) atoms. The number of hydrogen-bond donors (Lipinski definition) is 2. The number of rotatable bonds is 2. The van der Waals surface area contributed by atoms with Gasteiger partial charge in [0.2, 0.25) is 5.91 Å². The van der Waals surface area contributed by atoms with E-state index in [1.807, 2.05) is 19.2 Å². The number of imidazole rings is 1. The number of aromatic nitrogens is 3. The summed E-state index contributed by atoms with van der Waals surface area (Å²) in [5.74, 6) is 0.933. The van der Waals surface area contributed by atoms with Gasteiger partial charge in [-0.3, -0.25) is 4.79 Å². The normalized spacial score (nSPS) is 11.3. The molecule has 2 heterocycles. The third kappa shape index (κ3) is 1.78. The number of carbonyl (C=O) groups is 1. The molecular weight excluding hydrogens is 240 g/mol. The zero-order valence-corrected chi connectivity index (χ0v) is 11.2. The molecule has 5 heteroatoms. The van der Waals surface area contributed by atoms with Crippen LogP contribution in [-0.2, 0) is 11.3 Å². The first kappa shape index (κ1) is 11.8. The Kier molecular flexibility index (Phi) is 2.55. The third-order valence-electron chi connectivity index (χ3n) is 3.37. The van der Waals surface area contributed by atoms with Crippen LogP contribution in [0.2, 0.25) is 0 Å². The van der Waals surface area contributed by atoms with Crippen LogP contribution in [0.15, 0.2) is 18.3 Å². The summed E-state index contributed by atoms with van der Waals surface area (Å²) in [6.07, 6.45) is 1.81. The van der Waals surface area contributed by atoms with Gasteiger partial charge in [0.1, 0.15) is 5.82 Å². The fourth-order valence-corrected chi connectivity index (χ4v) is 2.55. The summed E-state index contributed by atoms with van der Waals surface area (Å²) in [5.41, 5.74) is 3.88. The van der Waals surface area contributed by atoms with Crippen molar-refractivity contribution in [3.63, 3.8) is 0 Å². The molecule has 0 fully saturated rings. The van der Waals surface area contributed by atoms with Crippen LogP contribution in [0.5, 0.6) is 0 Å². The van der Waals surface area contributed by atoms with Gasteiger partial charge in [-0.15, -0.1) is 0 Å². The Morgan fingerprint density at radius 2 is 2.26 bits per heavy atom. The summed E-state index contributed by atoms with van der Waals surface area (Å²) < 4.78 is 2.17. The summed E-state index contributed by atoms with van der Waals surface area (Å²) in [4.78, 5) is 18.9. The largest absolute Gasteiger partial charge is 0.359 e. The van der Waals surface area contributed by atoms with Crippen LogP contribution in [-0.4, -0.2) is 20.4 Å². The standard InChI is InChI=1S/C14H16N4O/c1-4-18-8(2)16-12-5-10-11(6-14(12)18)15-7-13(10)17-9(3)19/h5-7,15H,4H2,1-3H3,(H,17,19). The number of carbonyl (C=O) groups excluding carboxylic acids is 1. The van der Waals surface area contributed by atoms with Crippen molar-refractivity contribution in [3.8, 4) is 0 Å². The first-order valence-electron chi connectivity index (χ1n) is 6.35. The summed E-state index contributed by atoms with van der Waals surface area (Å²) in [6, 6.07) is 4.10. The molecular formula is C14H16N4O. The summed E-state index contributed by atoms with van der Waals surface area (Å²) in [7, 11) is 0. The van der Waals surface area contributed by atoms with E-state index in [1.165, 1.54) is 6.92 Å². The van der Waals surface area contributed by atoms with Crippen LogP contribution in [0, 0.1) is 6.92 Å². The van der Waals surface area contributed by atoms with Crippen molar-refractivity contribution >= 4 is 33.5 Å². The zero-order valence-electron chi connectivity index (χ0n) is 11.2. The van der Waals surface area contributed by atoms with Crippen LogP contribution in [0.25, 0.3) is 21.9 Å². The van der Waals surface area contributed by atoms with Crippen LogP contribution in [0.3, 0.4) is 0 Å². The van der Waals surface area contributed by atoms with Gasteiger partial charge in [-0.05, 0) is 26.0 Å². The highest BCUT2D eigenvalue weighted by Gasteiger charge is 2.11. The molecule has 0 unspecified atom stereocenters. The van der Waals surface area contributed by atoms with Gasteiger partial charge in [0.25, 0.3) is 0 Å². The SMILES string of the molecule is CCn1c(C)nc2cc3c(NC(C)=O)c[nH]c3cc21. The van der Waals surface area contributed by atoms with Gasteiger partial charge in [-0.1, -0.05) is 0 Å². The number of nitrogens with one attached hydrogen (secondary N) is 2. The quantitative estimate of drug-likeness (QED) is 0.740. The van der Waals surface area contributed by atoms with Gasteiger partial charge in [-0.2, -0.15) is 0 Å². The highest BCUT2D eigenvalue weighted by atomic mass is 16.1. The fourth-order valence-electron chi connectivity index (χ4n) is 2.55. The lowest BCUT2D eigenvalue weighted by molar-refractivity contribution is -0.114. The monoisotopic (exact) mass is 256 g/mol. The van der Waals surface area contributed by atoms with Crippen LogP contribution >= 0.6 is 0 Å². The molecule has 98 valence electrons.